The first-order valence-corrected chi connectivity index (χ1v) is 11.3. The zero-order valence-corrected chi connectivity index (χ0v) is 22.9. The number of nitrogens with zero attached hydrogens (tertiary/aromatic N) is 2. The first-order valence-electron chi connectivity index (χ1n) is 11.3. The number of nitro benzene ring substituents is 1. The van der Waals surface area contributed by atoms with Crippen molar-refractivity contribution in [1.82, 2.24) is 15.6 Å². The predicted molar refractivity (Wildman–Crippen MR) is 131 cm³/mol. The Kier molecular flexibility index (Phi) is 13.7. The quantitative estimate of drug-likeness (QED) is 0.121. The molecule has 1 aromatic heterocycles. The predicted octanol–water partition coefficient (Wildman–Crippen LogP) is 0.144. The van der Waals surface area contributed by atoms with Crippen LogP contribution in [-0.4, -0.2) is 45.9 Å². The minimum atomic E-state index is -1.17. The van der Waals surface area contributed by atoms with Gasteiger partial charge in [-0.25, -0.2) is 4.98 Å². The Hall–Kier alpha value is -3.02. The third-order valence-electron chi connectivity index (χ3n) is 5.29. The second-order valence-corrected chi connectivity index (χ2v) is 8.25. The number of carboxylic acid groups (broad SMARTS) is 1. The standard InChI is InChI=1S/C24H31N5O6.Na.H/c1-16-9-11-26-21(12-16)25-10-5-3-4-6-22(30)27-15-23(31)28-19(14-24(32)33)18-8-7-17(2)20(13-18)29(34)35;;/h7-9,11-13,19H,3-6,10,14-15H2,1-2H3,(H,25,26)(H,27,30)(H,28,31)(H,32,33);;/q;+1;-1. The molecule has 2 rings (SSSR count). The molecule has 0 bridgehead atoms. The van der Waals surface area contributed by atoms with E-state index in [0.29, 0.717) is 17.5 Å². The van der Waals surface area contributed by atoms with Crippen LogP contribution in [0.4, 0.5) is 11.5 Å². The van der Waals surface area contributed by atoms with Crippen molar-refractivity contribution in [2.24, 2.45) is 0 Å². The van der Waals surface area contributed by atoms with Crippen LogP contribution in [0.15, 0.2) is 36.5 Å². The zero-order valence-electron chi connectivity index (χ0n) is 21.9. The van der Waals surface area contributed by atoms with Crippen LogP contribution in [0.5, 0.6) is 0 Å². The molecule has 2 aromatic rings. The van der Waals surface area contributed by atoms with E-state index in [2.05, 4.69) is 20.9 Å². The molecule has 1 atom stereocenters. The number of nitro groups is 1. The van der Waals surface area contributed by atoms with Gasteiger partial charge in [0, 0.05) is 30.8 Å². The Morgan fingerprint density at radius 2 is 1.86 bits per heavy atom. The van der Waals surface area contributed by atoms with Crippen molar-refractivity contribution in [3.05, 3.63) is 63.3 Å². The maximum atomic E-state index is 12.3. The van der Waals surface area contributed by atoms with Crippen molar-refractivity contribution in [1.29, 1.82) is 0 Å². The Balaban J connectivity index is 0.00000648. The number of aryl methyl sites for hydroxylation is 2. The van der Waals surface area contributed by atoms with Crippen LogP contribution in [-0.2, 0) is 14.4 Å². The first-order chi connectivity index (χ1) is 16.7. The molecular weight excluding hydrogens is 477 g/mol. The van der Waals surface area contributed by atoms with Crippen LogP contribution in [0.3, 0.4) is 0 Å². The number of nitrogens with one attached hydrogen (secondary N) is 3. The van der Waals surface area contributed by atoms with Gasteiger partial charge >= 0.3 is 35.5 Å². The van der Waals surface area contributed by atoms with E-state index in [0.717, 1.165) is 30.8 Å². The molecule has 12 heteroatoms. The van der Waals surface area contributed by atoms with Gasteiger partial charge < -0.3 is 22.5 Å². The number of benzene rings is 1. The summed E-state index contributed by atoms with van der Waals surface area (Å²) in [6.07, 6.45) is 3.90. The molecule has 0 fully saturated rings. The number of aliphatic carboxylic acids is 1. The number of rotatable bonds is 14. The fourth-order valence-electron chi connectivity index (χ4n) is 3.42. The molecule has 11 nitrogen and oxygen atoms in total. The van der Waals surface area contributed by atoms with Crippen molar-refractivity contribution in [3.63, 3.8) is 0 Å². The van der Waals surface area contributed by atoms with Gasteiger partial charge in [0.05, 0.1) is 23.9 Å². The number of pyridine rings is 1. The van der Waals surface area contributed by atoms with Crippen molar-refractivity contribution in [2.75, 3.05) is 18.4 Å². The fourth-order valence-corrected chi connectivity index (χ4v) is 3.42. The third-order valence-corrected chi connectivity index (χ3v) is 5.29. The molecule has 0 spiro atoms. The van der Waals surface area contributed by atoms with Crippen molar-refractivity contribution in [3.8, 4) is 0 Å². The zero-order chi connectivity index (χ0) is 25.8. The van der Waals surface area contributed by atoms with E-state index >= 15 is 0 Å². The SMILES string of the molecule is Cc1ccnc(NCCCCCC(=O)NCC(=O)NC(CC(=O)O)c2ccc(C)c([N+](=O)[O-])c2)c1.[H-].[Na+]. The molecule has 2 amide bonds. The fraction of sp³-hybridized carbons (Fsp3) is 0.417. The van der Waals surface area contributed by atoms with Gasteiger partial charge in [0.15, 0.2) is 0 Å². The number of anilines is 1. The maximum Gasteiger partial charge on any atom is 1.00 e. The molecule has 0 radical (unpaired) electrons. The Morgan fingerprint density at radius 3 is 2.53 bits per heavy atom. The van der Waals surface area contributed by atoms with Crippen LogP contribution in [0.2, 0.25) is 0 Å². The molecule has 1 aromatic carbocycles. The van der Waals surface area contributed by atoms with Crippen LogP contribution < -0.4 is 45.5 Å². The molecule has 0 saturated carbocycles. The number of unbranched alkanes of at least 4 members (excludes halogenated alkanes) is 2. The summed E-state index contributed by atoms with van der Waals surface area (Å²) in [6.45, 7) is 3.98. The summed E-state index contributed by atoms with van der Waals surface area (Å²) in [5, 5.41) is 28.7. The van der Waals surface area contributed by atoms with Gasteiger partial charge in [-0.15, -0.1) is 0 Å². The molecule has 4 N–H and O–H groups in total. The molecule has 0 aliphatic heterocycles. The van der Waals surface area contributed by atoms with Crippen molar-refractivity contribution < 1.29 is 55.4 Å². The van der Waals surface area contributed by atoms with E-state index in [4.69, 9.17) is 0 Å². The van der Waals surface area contributed by atoms with Gasteiger partial charge in [0.2, 0.25) is 11.8 Å². The summed E-state index contributed by atoms with van der Waals surface area (Å²) in [5.41, 5.74) is 1.69. The van der Waals surface area contributed by atoms with Crippen LogP contribution in [0.25, 0.3) is 0 Å². The third kappa shape index (κ3) is 11.1. The number of carbonyl (C=O) groups excluding carboxylic acids is 2. The monoisotopic (exact) mass is 509 g/mol. The largest absolute Gasteiger partial charge is 1.00 e. The summed E-state index contributed by atoms with van der Waals surface area (Å²) in [5.74, 6) is -1.22. The number of hydrogen-bond acceptors (Lipinski definition) is 7. The van der Waals surface area contributed by atoms with Crippen molar-refractivity contribution >= 4 is 29.3 Å². The second kappa shape index (κ2) is 15.9. The van der Waals surface area contributed by atoms with E-state index < -0.39 is 29.3 Å². The topological polar surface area (TPSA) is 164 Å². The van der Waals surface area contributed by atoms with Crippen molar-refractivity contribution in [2.45, 2.75) is 52.0 Å². The number of carboxylic acids is 1. The van der Waals surface area contributed by atoms with Gasteiger partial charge in [0.25, 0.3) is 5.69 Å². The van der Waals surface area contributed by atoms with E-state index in [1.165, 1.54) is 12.1 Å². The van der Waals surface area contributed by atoms with Gasteiger partial charge in [0.1, 0.15) is 5.82 Å². The van der Waals surface area contributed by atoms with Crippen LogP contribution >= 0.6 is 0 Å². The number of carbonyl (C=O) groups is 3. The molecular formula is C24H32N5NaO6. The molecule has 36 heavy (non-hydrogen) atoms. The Bertz CT molecular complexity index is 1070. The van der Waals surface area contributed by atoms with Gasteiger partial charge in [-0.3, -0.25) is 24.5 Å². The minimum absolute atomic E-state index is 0. The van der Waals surface area contributed by atoms with E-state index in [1.807, 2.05) is 19.1 Å². The van der Waals surface area contributed by atoms with Gasteiger partial charge in [-0.1, -0.05) is 18.6 Å². The average molecular weight is 510 g/mol. The maximum absolute atomic E-state index is 12.3. The molecule has 0 saturated heterocycles. The minimum Gasteiger partial charge on any atom is -1.00 e. The smallest absolute Gasteiger partial charge is 1.00 e. The van der Waals surface area contributed by atoms with Gasteiger partial charge in [-0.05, 0) is 49.9 Å². The first kappa shape index (κ1) is 31.0. The summed E-state index contributed by atoms with van der Waals surface area (Å²) in [7, 11) is 0. The van der Waals surface area contributed by atoms with Crippen LogP contribution in [0, 0.1) is 24.0 Å². The normalized spacial score (nSPS) is 11.1. The summed E-state index contributed by atoms with van der Waals surface area (Å²) in [4.78, 5) is 50.4. The average Bonchev–Trinajstić information content (AvgIpc) is 2.79. The Morgan fingerprint density at radius 1 is 1.11 bits per heavy atom. The molecule has 0 aliphatic rings. The summed E-state index contributed by atoms with van der Waals surface area (Å²) in [6, 6.07) is 7.21. The number of amides is 2. The molecule has 1 unspecified atom stereocenters. The molecule has 1 heterocycles. The van der Waals surface area contributed by atoms with Crippen LogP contribution in [0.1, 0.15) is 56.3 Å². The Labute approximate surface area is 233 Å². The van der Waals surface area contributed by atoms with E-state index in [9.17, 15) is 29.6 Å². The van der Waals surface area contributed by atoms with E-state index in [-0.39, 0.29) is 55.5 Å². The van der Waals surface area contributed by atoms with E-state index in [1.54, 1.807) is 19.2 Å². The second-order valence-electron chi connectivity index (χ2n) is 8.25. The molecule has 190 valence electrons. The molecule has 0 aliphatic carbocycles. The number of aromatic nitrogens is 1. The van der Waals surface area contributed by atoms with Gasteiger partial charge in [-0.2, -0.15) is 0 Å². The summed E-state index contributed by atoms with van der Waals surface area (Å²) < 4.78 is 0. The number of hydrogen-bond donors (Lipinski definition) is 4. The summed E-state index contributed by atoms with van der Waals surface area (Å²) >= 11 is 0.